The summed E-state index contributed by atoms with van der Waals surface area (Å²) in [5.41, 5.74) is 4.12. The fourth-order valence-corrected chi connectivity index (χ4v) is 3.05. The van der Waals surface area contributed by atoms with Crippen molar-refractivity contribution >= 4 is 0 Å². The lowest BCUT2D eigenvalue weighted by Gasteiger charge is -2.24. The molecule has 24 heavy (non-hydrogen) atoms. The Morgan fingerprint density at radius 1 is 1.25 bits per heavy atom. The fraction of sp³-hybridized carbons (Fsp3) is 0.333. The Kier molecular flexibility index (Phi) is 3.72. The van der Waals surface area contributed by atoms with E-state index in [-0.39, 0.29) is 0 Å². The van der Waals surface area contributed by atoms with Crippen LogP contribution in [0.5, 0.6) is 0 Å². The summed E-state index contributed by atoms with van der Waals surface area (Å²) in [5, 5.41) is 12.7. The molecule has 1 aliphatic rings. The smallest absolute Gasteiger partial charge is 0.280 e. The van der Waals surface area contributed by atoms with Crippen LogP contribution in [0.2, 0.25) is 0 Å². The number of hydrogen-bond acceptors (Lipinski definition) is 5. The second-order valence-electron chi connectivity index (χ2n) is 6.19. The number of aromatic nitrogens is 5. The van der Waals surface area contributed by atoms with Crippen molar-refractivity contribution in [3.05, 3.63) is 59.6 Å². The van der Waals surface area contributed by atoms with Crippen LogP contribution in [0.15, 0.2) is 47.0 Å². The van der Waals surface area contributed by atoms with Crippen molar-refractivity contribution in [2.75, 3.05) is 0 Å². The van der Waals surface area contributed by atoms with Crippen molar-refractivity contribution in [3.63, 3.8) is 0 Å². The van der Waals surface area contributed by atoms with Gasteiger partial charge in [0.1, 0.15) is 0 Å². The van der Waals surface area contributed by atoms with E-state index >= 15 is 0 Å². The van der Waals surface area contributed by atoms with Gasteiger partial charge in [0.25, 0.3) is 5.89 Å². The summed E-state index contributed by atoms with van der Waals surface area (Å²) in [4.78, 5) is 4.53. The first kappa shape index (κ1) is 14.8. The van der Waals surface area contributed by atoms with Gasteiger partial charge in [-0.15, -0.1) is 5.10 Å². The summed E-state index contributed by atoms with van der Waals surface area (Å²) >= 11 is 0. The minimum absolute atomic E-state index is 0.333. The summed E-state index contributed by atoms with van der Waals surface area (Å²) < 4.78 is 7.34. The molecular formula is C18H19N5O. The average molecular weight is 321 g/mol. The van der Waals surface area contributed by atoms with Gasteiger partial charge in [-0.3, -0.25) is 0 Å². The molecule has 6 heteroatoms. The first-order valence-electron chi connectivity index (χ1n) is 8.21. The molecule has 0 N–H and O–H groups in total. The fourth-order valence-electron chi connectivity index (χ4n) is 3.05. The van der Waals surface area contributed by atoms with E-state index in [1.165, 1.54) is 11.1 Å². The highest BCUT2D eigenvalue weighted by Crippen LogP contribution is 2.39. The molecule has 0 saturated heterocycles. The SMILES string of the molecule is C=C1CC(c2noc(-c3nnn(Cc4ccccc4)c3CC)n2)C1. The third kappa shape index (κ3) is 2.64. The molecule has 0 atom stereocenters. The summed E-state index contributed by atoms with van der Waals surface area (Å²) in [5.74, 6) is 1.54. The maximum atomic E-state index is 5.44. The van der Waals surface area contributed by atoms with E-state index in [0.717, 1.165) is 30.8 Å². The van der Waals surface area contributed by atoms with Crippen molar-refractivity contribution in [2.24, 2.45) is 0 Å². The molecule has 2 heterocycles. The minimum Gasteiger partial charge on any atom is -0.332 e. The molecular weight excluding hydrogens is 302 g/mol. The minimum atomic E-state index is 0.333. The van der Waals surface area contributed by atoms with E-state index in [1.807, 2.05) is 22.9 Å². The molecule has 0 amide bonds. The van der Waals surface area contributed by atoms with Crippen LogP contribution in [-0.4, -0.2) is 25.1 Å². The molecule has 0 radical (unpaired) electrons. The summed E-state index contributed by atoms with van der Waals surface area (Å²) in [6.45, 7) is 6.72. The lowest BCUT2D eigenvalue weighted by Crippen LogP contribution is -2.13. The summed E-state index contributed by atoms with van der Waals surface area (Å²) in [6, 6.07) is 10.2. The van der Waals surface area contributed by atoms with Crippen molar-refractivity contribution in [3.8, 4) is 11.6 Å². The zero-order chi connectivity index (χ0) is 16.5. The lowest BCUT2D eigenvalue weighted by molar-refractivity contribution is 0.403. The third-order valence-corrected chi connectivity index (χ3v) is 4.43. The van der Waals surface area contributed by atoms with Crippen molar-refractivity contribution in [1.29, 1.82) is 0 Å². The van der Waals surface area contributed by atoms with Crippen LogP contribution < -0.4 is 0 Å². The first-order chi connectivity index (χ1) is 11.7. The Hall–Kier alpha value is -2.76. The Bertz CT molecular complexity index is 857. The number of hydrogen-bond donors (Lipinski definition) is 0. The van der Waals surface area contributed by atoms with E-state index < -0.39 is 0 Å². The third-order valence-electron chi connectivity index (χ3n) is 4.43. The zero-order valence-corrected chi connectivity index (χ0v) is 13.6. The normalized spacial score (nSPS) is 14.8. The standard InChI is InChI=1S/C18H19N5O/c1-3-15-16(18-19-17(21-24-18)14-9-12(2)10-14)20-22-23(15)11-13-7-5-4-6-8-13/h4-8,14H,2-3,9-11H2,1H3. The quantitative estimate of drug-likeness (QED) is 0.674. The molecule has 1 aliphatic carbocycles. The number of rotatable bonds is 5. The van der Waals surface area contributed by atoms with Gasteiger partial charge in [0.15, 0.2) is 11.5 Å². The number of benzene rings is 1. The van der Waals surface area contributed by atoms with Crippen molar-refractivity contribution in [1.82, 2.24) is 25.1 Å². The van der Waals surface area contributed by atoms with Crippen LogP contribution in [0.3, 0.4) is 0 Å². The monoisotopic (exact) mass is 321 g/mol. The maximum Gasteiger partial charge on any atom is 0.280 e. The molecule has 0 unspecified atom stereocenters. The van der Waals surface area contributed by atoms with Crippen LogP contribution >= 0.6 is 0 Å². The predicted molar refractivity (Wildman–Crippen MR) is 89.4 cm³/mol. The molecule has 1 aromatic carbocycles. The Labute approximate surface area is 140 Å². The largest absolute Gasteiger partial charge is 0.332 e. The van der Waals surface area contributed by atoms with E-state index in [4.69, 9.17) is 4.52 Å². The van der Waals surface area contributed by atoms with Gasteiger partial charge < -0.3 is 4.52 Å². The highest BCUT2D eigenvalue weighted by atomic mass is 16.5. The van der Waals surface area contributed by atoms with Gasteiger partial charge in [0.2, 0.25) is 0 Å². The molecule has 6 nitrogen and oxygen atoms in total. The molecule has 4 rings (SSSR count). The molecule has 1 fully saturated rings. The second-order valence-corrected chi connectivity index (χ2v) is 6.19. The molecule has 2 aromatic heterocycles. The second kappa shape index (κ2) is 6.03. The molecule has 0 aliphatic heterocycles. The van der Waals surface area contributed by atoms with Crippen LogP contribution in [0.4, 0.5) is 0 Å². The average Bonchev–Trinajstić information content (AvgIpc) is 3.19. The molecule has 0 bridgehead atoms. The highest BCUT2D eigenvalue weighted by Gasteiger charge is 2.29. The first-order valence-corrected chi connectivity index (χ1v) is 8.21. The number of allylic oxidation sites excluding steroid dienone is 1. The van der Waals surface area contributed by atoms with Gasteiger partial charge in [0.05, 0.1) is 12.2 Å². The van der Waals surface area contributed by atoms with Crippen LogP contribution in [-0.2, 0) is 13.0 Å². The van der Waals surface area contributed by atoms with Gasteiger partial charge in [-0.1, -0.05) is 59.8 Å². The van der Waals surface area contributed by atoms with E-state index in [0.29, 0.717) is 24.0 Å². The molecule has 122 valence electrons. The molecule has 0 spiro atoms. The lowest BCUT2D eigenvalue weighted by atomic mass is 9.81. The van der Waals surface area contributed by atoms with Crippen molar-refractivity contribution < 1.29 is 4.52 Å². The Balaban J connectivity index is 1.60. The van der Waals surface area contributed by atoms with Crippen LogP contribution in [0.1, 0.15) is 42.8 Å². The molecule has 1 saturated carbocycles. The van der Waals surface area contributed by atoms with Gasteiger partial charge in [0, 0.05) is 5.92 Å². The topological polar surface area (TPSA) is 69.6 Å². The predicted octanol–water partition coefficient (Wildman–Crippen LogP) is 3.37. The van der Waals surface area contributed by atoms with E-state index in [2.05, 4.69) is 46.1 Å². The van der Waals surface area contributed by atoms with Crippen LogP contribution in [0, 0.1) is 0 Å². The van der Waals surface area contributed by atoms with Gasteiger partial charge in [-0.2, -0.15) is 4.98 Å². The molecule has 3 aromatic rings. The van der Waals surface area contributed by atoms with E-state index in [1.54, 1.807) is 0 Å². The van der Waals surface area contributed by atoms with Gasteiger partial charge >= 0.3 is 0 Å². The summed E-state index contributed by atoms with van der Waals surface area (Å²) in [7, 11) is 0. The zero-order valence-electron chi connectivity index (χ0n) is 13.6. The maximum absolute atomic E-state index is 5.44. The summed E-state index contributed by atoms with van der Waals surface area (Å²) in [6.07, 6.45) is 2.69. The van der Waals surface area contributed by atoms with Gasteiger partial charge in [-0.05, 0) is 24.8 Å². The van der Waals surface area contributed by atoms with Crippen LogP contribution in [0.25, 0.3) is 11.6 Å². The Morgan fingerprint density at radius 2 is 2.04 bits per heavy atom. The number of nitrogens with zero attached hydrogens (tertiary/aromatic N) is 5. The Morgan fingerprint density at radius 3 is 2.75 bits per heavy atom. The van der Waals surface area contributed by atoms with Gasteiger partial charge in [-0.25, -0.2) is 4.68 Å². The highest BCUT2D eigenvalue weighted by molar-refractivity contribution is 5.50. The van der Waals surface area contributed by atoms with E-state index in [9.17, 15) is 0 Å². The van der Waals surface area contributed by atoms with Crippen molar-refractivity contribution in [2.45, 2.75) is 38.6 Å².